The minimum atomic E-state index is 0.162. The molecule has 1 aromatic rings. The van der Waals surface area contributed by atoms with Gasteiger partial charge < -0.3 is 10.1 Å². The molecule has 4 heteroatoms. The largest absolute Gasteiger partial charge is 0.381 e. The molecule has 1 N–H and O–H groups in total. The molecule has 1 spiro atoms. The van der Waals surface area contributed by atoms with Crippen LogP contribution in [0.15, 0.2) is 18.2 Å². The summed E-state index contributed by atoms with van der Waals surface area (Å²) in [5.74, 6) is 0. The van der Waals surface area contributed by atoms with Gasteiger partial charge >= 0.3 is 0 Å². The maximum atomic E-state index is 6.19. The first kappa shape index (κ1) is 12.6. The van der Waals surface area contributed by atoms with E-state index in [4.69, 9.17) is 27.9 Å². The minimum absolute atomic E-state index is 0.162. The van der Waals surface area contributed by atoms with Gasteiger partial charge in [-0.2, -0.15) is 0 Å². The quantitative estimate of drug-likeness (QED) is 0.863. The first-order chi connectivity index (χ1) is 8.67. The van der Waals surface area contributed by atoms with Gasteiger partial charge in [-0.15, -0.1) is 0 Å². The summed E-state index contributed by atoms with van der Waals surface area (Å²) in [7, 11) is 0. The molecule has 0 radical (unpaired) electrons. The van der Waals surface area contributed by atoms with Gasteiger partial charge in [0.25, 0.3) is 0 Å². The number of hydrogen-bond acceptors (Lipinski definition) is 2. The molecule has 1 saturated carbocycles. The van der Waals surface area contributed by atoms with Crippen LogP contribution in [-0.2, 0) is 4.74 Å². The van der Waals surface area contributed by atoms with Gasteiger partial charge in [-0.25, -0.2) is 0 Å². The lowest BCUT2D eigenvalue weighted by Crippen LogP contribution is -2.49. The highest BCUT2D eigenvalue weighted by molar-refractivity contribution is 6.36. The van der Waals surface area contributed by atoms with Crippen molar-refractivity contribution in [3.8, 4) is 0 Å². The molecule has 2 fully saturated rings. The fraction of sp³-hybridized carbons (Fsp3) is 0.571. The van der Waals surface area contributed by atoms with Gasteiger partial charge in [0.05, 0.1) is 16.3 Å². The Kier molecular flexibility index (Phi) is 3.44. The van der Waals surface area contributed by atoms with Crippen molar-refractivity contribution in [1.82, 2.24) is 0 Å². The van der Waals surface area contributed by atoms with Crippen LogP contribution in [0.25, 0.3) is 0 Å². The lowest BCUT2D eigenvalue weighted by Gasteiger charge is -2.47. The topological polar surface area (TPSA) is 21.3 Å². The smallest absolute Gasteiger partial charge is 0.0702 e. The summed E-state index contributed by atoms with van der Waals surface area (Å²) in [5, 5.41) is 4.89. The third-order valence-electron chi connectivity index (χ3n) is 4.05. The lowest BCUT2D eigenvalue weighted by molar-refractivity contribution is -0.130. The summed E-state index contributed by atoms with van der Waals surface area (Å²) in [6, 6.07) is 6.06. The van der Waals surface area contributed by atoms with E-state index in [1.807, 2.05) is 12.1 Å². The average molecular weight is 286 g/mol. The molecule has 1 aliphatic carbocycles. The SMILES string of the molecule is Clc1ccc(NC2CCOC3(CCC3)C2)c(Cl)c1. The summed E-state index contributed by atoms with van der Waals surface area (Å²) >= 11 is 12.1. The summed E-state index contributed by atoms with van der Waals surface area (Å²) in [4.78, 5) is 0. The number of halogens is 2. The van der Waals surface area contributed by atoms with Crippen molar-refractivity contribution >= 4 is 28.9 Å². The number of nitrogens with one attached hydrogen (secondary N) is 1. The number of hydrogen-bond donors (Lipinski definition) is 1. The monoisotopic (exact) mass is 285 g/mol. The second-order valence-corrected chi connectivity index (χ2v) is 6.19. The number of benzene rings is 1. The average Bonchev–Trinajstić information content (AvgIpc) is 2.31. The molecular formula is C14H17Cl2NO. The number of rotatable bonds is 2. The van der Waals surface area contributed by atoms with Crippen LogP contribution >= 0.6 is 23.2 Å². The molecular weight excluding hydrogens is 269 g/mol. The Hall–Kier alpha value is -0.440. The van der Waals surface area contributed by atoms with Gasteiger partial charge in [-0.1, -0.05) is 23.2 Å². The van der Waals surface area contributed by atoms with Gasteiger partial charge in [-0.3, -0.25) is 0 Å². The van der Waals surface area contributed by atoms with Crippen molar-refractivity contribution < 1.29 is 4.74 Å². The van der Waals surface area contributed by atoms with Crippen LogP contribution in [0.4, 0.5) is 5.69 Å². The molecule has 2 nitrogen and oxygen atoms in total. The summed E-state index contributed by atoms with van der Waals surface area (Å²) in [5.41, 5.74) is 1.14. The molecule has 3 rings (SSSR count). The highest BCUT2D eigenvalue weighted by Crippen LogP contribution is 2.43. The molecule has 1 aliphatic heterocycles. The van der Waals surface area contributed by atoms with Crippen molar-refractivity contribution in [1.29, 1.82) is 0 Å². The third-order valence-corrected chi connectivity index (χ3v) is 4.60. The van der Waals surface area contributed by atoms with E-state index in [-0.39, 0.29) is 5.60 Å². The van der Waals surface area contributed by atoms with Crippen molar-refractivity contribution in [3.63, 3.8) is 0 Å². The van der Waals surface area contributed by atoms with Crippen molar-refractivity contribution in [2.75, 3.05) is 11.9 Å². The summed E-state index contributed by atoms with van der Waals surface area (Å²) in [6.07, 6.45) is 5.85. The Morgan fingerprint density at radius 3 is 2.78 bits per heavy atom. The van der Waals surface area contributed by atoms with E-state index in [1.54, 1.807) is 6.07 Å². The fourth-order valence-corrected chi connectivity index (χ4v) is 3.36. The molecule has 1 atom stereocenters. The number of anilines is 1. The molecule has 1 heterocycles. The second kappa shape index (κ2) is 4.92. The maximum absolute atomic E-state index is 6.19. The molecule has 1 saturated heterocycles. The molecule has 1 aromatic carbocycles. The van der Waals surface area contributed by atoms with Gasteiger partial charge in [0.15, 0.2) is 0 Å². The molecule has 98 valence electrons. The first-order valence-electron chi connectivity index (χ1n) is 6.52. The van der Waals surface area contributed by atoms with Crippen LogP contribution < -0.4 is 5.32 Å². The molecule has 0 amide bonds. The number of ether oxygens (including phenoxy) is 1. The molecule has 0 bridgehead atoms. The van der Waals surface area contributed by atoms with E-state index in [0.717, 1.165) is 25.1 Å². The zero-order valence-corrected chi connectivity index (χ0v) is 11.7. The van der Waals surface area contributed by atoms with Gasteiger partial charge in [0.2, 0.25) is 0 Å². The van der Waals surface area contributed by atoms with Crippen molar-refractivity contribution in [3.05, 3.63) is 28.2 Å². The fourth-order valence-electron chi connectivity index (χ4n) is 2.90. The van der Waals surface area contributed by atoms with Crippen LogP contribution in [-0.4, -0.2) is 18.2 Å². The Balaban J connectivity index is 1.68. The van der Waals surface area contributed by atoms with E-state index >= 15 is 0 Å². The Morgan fingerprint density at radius 2 is 2.11 bits per heavy atom. The Morgan fingerprint density at radius 1 is 1.28 bits per heavy atom. The zero-order valence-electron chi connectivity index (χ0n) is 10.2. The van der Waals surface area contributed by atoms with E-state index < -0.39 is 0 Å². The molecule has 1 unspecified atom stereocenters. The highest BCUT2D eigenvalue weighted by atomic mass is 35.5. The van der Waals surface area contributed by atoms with Crippen molar-refractivity contribution in [2.24, 2.45) is 0 Å². The van der Waals surface area contributed by atoms with Gasteiger partial charge in [0.1, 0.15) is 0 Å². The van der Waals surface area contributed by atoms with E-state index in [9.17, 15) is 0 Å². The second-order valence-electron chi connectivity index (χ2n) is 5.34. The zero-order chi connectivity index (χ0) is 12.6. The third kappa shape index (κ3) is 2.47. The van der Waals surface area contributed by atoms with E-state index in [2.05, 4.69) is 5.32 Å². The van der Waals surface area contributed by atoms with Crippen LogP contribution in [0, 0.1) is 0 Å². The molecule has 2 aliphatic rings. The van der Waals surface area contributed by atoms with Crippen LogP contribution in [0.5, 0.6) is 0 Å². The Labute approximate surface area is 118 Å². The maximum Gasteiger partial charge on any atom is 0.0702 e. The summed E-state index contributed by atoms with van der Waals surface area (Å²) in [6.45, 7) is 0.850. The Bertz CT molecular complexity index is 445. The predicted octanol–water partition coefficient (Wildman–Crippen LogP) is 4.51. The standard InChI is InChI=1S/C14H17Cl2NO/c15-10-2-3-13(12(16)8-10)17-11-4-7-18-14(9-11)5-1-6-14/h2-3,8,11,17H,1,4-7,9H2. The van der Waals surface area contributed by atoms with Gasteiger partial charge in [-0.05, 0) is 50.3 Å². The predicted molar refractivity (Wildman–Crippen MR) is 75.6 cm³/mol. The van der Waals surface area contributed by atoms with E-state index in [0.29, 0.717) is 16.1 Å². The van der Waals surface area contributed by atoms with Crippen LogP contribution in [0.3, 0.4) is 0 Å². The van der Waals surface area contributed by atoms with E-state index in [1.165, 1.54) is 19.3 Å². The minimum Gasteiger partial charge on any atom is -0.381 e. The van der Waals surface area contributed by atoms with Crippen LogP contribution in [0.1, 0.15) is 32.1 Å². The summed E-state index contributed by atoms with van der Waals surface area (Å²) < 4.78 is 5.92. The lowest BCUT2D eigenvalue weighted by atomic mass is 9.74. The molecule has 18 heavy (non-hydrogen) atoms. The van der Waals surface area contributed by atoms with Crippen molar-refractivity contribution in [2.45, 2.75) is 43.7 Å². The first-order valence-corrected chi connectivity index (χ1v) is 7.28. The van der Waals surface area contributed by atoms with Crippen LogP contribution in [0.2, 0.25) is 10.0 Å². The van der Waals surface area contributed by atoms with Gasteiger partial charge in [0, 0.05) is 17.7 Å². The highest BCUT2D eigenvalue weighted by Gasteiger charge is 2.42. The normalized spacial score (nSPS) is 25.8. The molecule has 0 aromatic heterocycles.